The van der Waals surface area contributed by atoms with Gasteiger partial charge in [-0.1, -0.05) is 36.4 Å². The van der Waals surface area contributed by atoms with Crippen LogP contribution in [0.4, 0.5) is 5.00 Å². The Labute approximate surface area is 160 Å². The Hall–Kier alpha value is -2.44. The number of amides is 1. The van der Waals surface area contributed by atoms with E-state index in [-0.39, 0.29) is 5.91 Å². The molecule has 0 unspecified atom stereocenters. The average molecular weight is 386 g/mol. The number of hydrogen-bond acceptors (Lipinski definition) is 5. The van der Waals surface area contributed by atoms with Gasteiger partial charge in [0.2, 0.25) is 5.91 Å². The van der Waals surface area contributed by atoms with Gasteiger partial charge < -0.3 is 10.1 Å². The van der Waals surface area contributed by atoms with Crippen LogP contribution in [-0.2, 0) is 16.0 Å². The first-order valence-corrected chi connectivity index (χ1v) is 10.1. The van der Waals surface area contributed by atoms with E-state index in [9.17, 15) is 9.59 Å². The van der Waals surface area contributed by atoms with Crippen molar-refractivity contribution in [2.45, 2.75) is 19.8 Å². The maximum atomic E-state index is 12.4. The molecule has 0 aliphatic heterocycles. The van der Waals surface area contributed by atoms with Gasteiger partial charge in [0.1, 0.15) is 10.6 Å². The maximum absolute atomic E-state index is 12.4. The first-order chi connectivity index (χ1) is 12.7. The number of nitrogens with one attached hydrogen (secondary N) is 1. The lowest BCUT2D eigenvalue weighted by atomic mass is 10.1. The predicted octanol–water partition coefficient (Wildman–Crippen LogP) is 5.22. The van der Waals surface area contributed by atoms with Crippen molar-refractivity contribution in [1.82, 2.24) is 0 Å². The molecule has 0 saturated carbocycles. The lowest BCUT2D eigenvalue weighted by Gasteiger charge is -2.08. The summed E-state index contributed by atoms with van der Waals surface area (Å²) in [6.45, 7) is 2.06. The molecule has 0 aliphatic rings. The molecule has 134 valence electrons. The third-order valence-corrected chi connectivity index (χ3v) is 5.59. The zero-order valence-corrected chi connectivity index (χ0v) is 16.0. The number of anilines is 1. The first-order valence-electron chi connectivity index (χ1n) is 8.35. The van der Waals surface area contributed by atoms with Gasteiger partial charge in [0.25, 0.3) is 0 Å². The predicted molar refractivity (Wildman–Crippen MR) is 107 cm³/mol. The van der Waals surface area contributed by atoms with E-state index in [0.29, 0.717) is 30.0 Å². The summed E-state index contributed by atoms with van der Waals surface area (Å²) in [5, 5.41) is 7.28. The summed E-state index contributed by atoms with van der Waals surface area (Å²) < 4.78 is 5.20. The van der Waals surface area contributed by atoms with Gasteiger partial charge in [-0.15, -0.1) is 22.7 Å². The van der Waals surface area contributed by atoms with E-state index in [1.165, 1.54) is 11.3 Å². The smallest absolute Gasteiger partial charge is 0.341 e. The Bertz CT molecular complexity index is 870. The van der Waals surface area contributed by atoms with Crippen LogP contribution in [0, 0.1) is 0 Å². The van der Waals surface area contributed by atoms with E-state index < -0.39 is 5.97 Å². The fourth-order valence-corrected chi connectivity index (χ4v) is 4.35. The Kier molecular flexibility index (Phi) is 6.20. The number of ether oxygens (including phenoxy) is 1. The molecule has 0 aliphatic carbocycles. The highest BCUT2D eigenvalue weighted by atomic mass is 32.1. The molecule has 2 aromatic heterocycles. The Morgan fingerprint density at radius 1 is 1.08 bits per heavy atom. The summed E-state index contributed by atoms with van der Waals surface area (Å²) in [5.41, 5.74) is 2.35. The van der Waals surface area contributed by atoms with Crippen LogP contribution in [0.1, 0.15) is 29.3 Å². The number of esters is 1. The largest absolute Gasteiger partial charge is 0.462 e. The highest BCUT2D eigenvalue weighted by molar-refractivity contribution is 7.17. The van der Waals surface area contributed by atoms with Crippen LogP contribution in [0.25, 0.3) is 10.4 Å². The van der Waals surface area contributed by atoms with Crippen LogP contribution in [0.2, 0.25) is 0 Å². The summed E-state index contributed by atoms with van der Waals surface area (Å²) in [6.07, 6.45) is 1.02. The van der Waals surface area contributed by atoms with Crippen molar-refractivity contribution in [2.75, 3.05) is 11.9 Å². The molecule has 0 bridgehead atoms. The van der Waals surface area contributed by atoms with Crippen LogP contribution in [0.3, 0.4) is 0 Å². The van der Waals surface area contributed by atoms with E-state index in [0.717, 1.165) is 16.0 Å². The van der Waals surface area contributed by atoms with E-state index in [4.69, 9.17) is 4.74 Å². The third kappa shape index (κ3) is 4.39. The van der Waals surface area contributed by atoms with E-state index in [1.54, 1.807) is 18.3 Å². The van der Waals surface area contributed by atoms with Crippen molar-refractivity contribution < 1.29 is 14.3 Å². The standard InChI is InChI=1S/C20H19NO3S2/c1-2-24-20(23)18-15(16-9-6-12-25-16)13-26-19(18)21-17(22)11-10-14-7-4-3-5-8-14/h3-9,12-13H,2,10-11H2,1H3,(H,21,22). The van der Waals surface area contributed by atoms with Gasteiger partial charge in [-0.3, -0.25) is 4.79 Å². The lowest BCUT2D eigenvalue weighted by Crippen LogP contribution is -2.15. The highest BCUT2D eigenvalue weighted by Gasteiger charge is 2.23. The van der Waals surface area contributed by atoms with Crippen LogP contribution < -0.4 is 5.32 Å². The molecule has 0 spiro atoms. The molecule has 4 nitrogen and oxygen atoms in total. The normalized spacial score (nSPS) is 10.5. The van der Waals surface area contributed by atoms with E-state index >= 15 is 0 Å². The minimum atomic E-state index is -0.407. The summed E-state index contributed by atoms with van der Waals surface area (Å²) in [7, 11) is 0. The van der Waals surface area contributed by atoms with Crippen molar-refractivity contribution >= 4 is 39.6 Å². The van der Waals surface area contributed by atoms with Crippen LogP contribution in [0.15, 0.2) is 53.2 Å². The maximum Gasteiger partial charge on any atom is 0.341 e. The van der Waals surface area contributed by atoms with Gasteiger partial charge in [-0.2, -0.15) is 0 Å². The summed E-state index contributed by atoms with van der Waals surface area (Å²) in [4.78, 5) is 25.8. The first kappa shape index (κ1) is 18.4. The zero-order chi connectivity index (χ0) is 18.4. The van der Waals surface area contributed by atoms with Gasteiger partial charge in [0, 0.05) is 22.2 Å². The molecule has 0 atom stereocenters. The van der Waals surface area contributed by atoms with E-state index in [1.807, 2.05) is 53.2 Å². The quantitative estimate of drug-likeness (QED) is 0.567. The van der Waals surface area contributed by atoms with Crippen molar-refractivity contribution in [2.24, 2.45) is 0 Å². The fraction of sp³-hybridized carbons (Fsp3) is 0.200. The van der Waals surface area contributed by atoms with Crippen molar-refractivity contribution in [3.05, 3.63) is 64.4 Å². The number of carbonyl (C=O) groups excluding carboxylic acids is 2. The highest BCUT2D eigenvalue weighted by Crippen LogP contribution is 2.38. The zero-order valence-electron chi connectivity index (χ0n) is 14.4. The minimum absolute atomic E-state index is 0.112. The van der Waals surface area contributed by atoms with Gasteiger partial charge in [-0.05, 0) is 30.4 Å². The van der Waals surface area contributed by atoms with Gasteiger partial charge in [0.15, 0.2) is 0 Å². The molecule has 0 fully saturated rings. The fourth-order valence-electron chi connectivity index (χ4n) is 2.56. The number of carbonyl (C=O) groups is 2. The number of hydrogen-bond donors (Lipinski definition) is 1. The second kappa shape index (κ2) is 8.78. The Morgan fingerprint density at radius 3 is 2.58 bits per heavy atom. The van der Waals surface area contributed by atoms with Crippen molar-refractivity contribution in [3.8, 4) is 10.4 Å². The molecular weight excluding hydrogens is 366 g/mol. The molecule has 3 aromatic rings. The van der Waals surface area contributed by atoms with E-state index in [2.05, 4.69) is 5.32 Å². The second-order valence-corrected chi connectivity index (χ2v) is 7.41. The number of thiophene rings is 2. The molecule has 1 amide bonds. The van der Waals surface area contributed by atoms with Crippen molar-refractivity contribution in [1.29, 1.82) is 0 Å². The molecule has 1 N–H and O–H groups in total. The second-order valence-electron chi connectivity index (χ2n) is 5.59. The summed E-state index contributed by atoms with van der Waals surface area (Å²) in [6, 6.07) is 13.8. The van der Waals surface area contributed by atoms with Gasteiger partial charge in [-0.25, -0.2) is 4.79 Å². The van der Waals surface area contributed by atoms with Gasteiger partial charge >= 0.3 is 5.97 Å². The number of benzene rings is 1. The molecule has 0 saturated heterocycles. The van der Waals surface area contributed by atoms with Crippen molar-refractivity contribution in [3.63, 3.8) is 0 Å². The molecule has 3 rings (SSSR count). The molecule has 2 heterocycles. The van der Waals surface area contributed by atoms with Crippen LogP contribution in [0.5, 0.6) is 0 Å². The molecule has 6 heteroatoms. The molecule has 26 heavy (non-hydrogen) atoms. The third-order valence-electron chi connectivity index (χ3n) is 3.79. The lowest BCUT2D eigenvalue weighted by molar-refractivity contribution is -0.116. The number of aryl methyl sites for hydroxylation is 1. The van der Waals surface area contributed by atoms with Crippen LogP contribution >= 0.6 is 22.7 Å². The molecule has 0 radical (unpaired) electrons. The Balaban J connectivity index is 1.76. The van der Waals surface area contributed by atoms with Gasteiger partial charge in [0.05, 0.1) is 6.61 Å². The topological polar surface area (TPSA) is 55.4 Å². The Morgan fingerprint density at radius 2 is 1.88 bits per heavy atom. The molecular formula is C20H19NO3S2. The minimum Gasteiger partial charge on any atom is -0.462 e. The van der Waals surface area contributed by atoms with Crippen LogP contribution in [-0.4, -0.2) is 18.5 Å². The summed E-state index contributed by atoms with van der Waals surface area (Å²) >= 11 is 2.90. The SMILES string of the molecule is CCOC(=O)c1c(-c2cccs2)csc1NC(=O)CCc1ccccc1. The monoisotopic (exact) mass is 385 g/mol. The summed E-state index contributed by atoms with van der Waals surface area (Å²) in [5.74, 6) is -0.519. The number of rotatable bonds is 7. The molecule has 1 aromatic carbocycles. The average Bonchev–Trinajstić information content (AvgIpc) is 3.30.